The van der Waals surface area contributed by atoms with Gasteiger partial charge in [0.2, 0.25) is 0 Å². The van der Waals surface area contributed by atoms with Gasteiger partial charge in [-0.25, -0.2) is 0 Å². The molecule has 78 valence electrons. The molecule has 2 nitrogen and oxygen atoms in total. The van der Waals surface area contributed by atoms with Crippen LogP contribution in [-0.4, -0.2) is 11.0 Å². The topological polar surface area (TPSA) is 24.9 Å². The van der Waals surface area contributed by atoms with Crippen LogP contribution in [0.4, 0.5) is 0 Å². The number of hydrogen-bond acceptors (Lipinski definition) is 2. The van der Waals surface area contributed by atoms with Crippen LogP contribution >= 0.6 is 0 Å². The van der Waals surface area contributed by atoms with Gasteiger partial charge >= 0.3 is 0 Å². The highest BCUT2D eigenvalue weighted by Gasteiger charge is 2.01. The summed E-state index contributed by atoms with van der Waals surface area (Å²) in [5.41, 5.74) is 2.38. The normalized spacial score (nSPS) is 11.1. The van der Waals surface area contributed by atoms with Crippen molar-refractivity contribution in [3.05, 3.63) is 42.1 Å². The van der Waals surface area contributed by atoms with E-state index >= 15 is 0 Å². The molecule has 0 amide bonds. The predicted molar refractivity (Wildman–Crippen MR) is 63.7 cm³/mol. The molecule has 0 aliphatic heterocycles. The van der Waals surface area contributed by atoms with E-state index < -0.39 is 0 Å². The average Bonchev–Trinajstić information content (AvgIpc) is 2.26. The van der Waals surface area contributed by atoms with Gasteiger partial charge < -0.3 is 5.32 Å². The Hall–Kier alpha value is -1.41. The molecule has 2 heteroatoms. The minimum atomic E-state index is 0.511. The van der Waals surface area contributed by atoms with Gasteiger partial charge in [-0.2, -0.15) is 0 Å². The van der Waals surface area contributed by atoms with Crippen molar-refractivity contribution in [2.24, 2.45) is 0 Å². The SMILES string of the molecule is CC(C)NCc1cccc2ncccc12. The van der Waals surface area contributed by atoms with E-state index in [2.05, 4.69) is 42.3 Å². The maximum absolute atomic E-state index is 4.34. The van der Waals surface area contributed by atoms with Crippen molar-refractivity contribution >= 4 is 10.9 Å². The van der Waals surface area contributed by atoms with Crippen LogP contribution in [0.5, 0.6) is 0 Å². The molecule has 2 aromatic rings. The van der Waals surface area contributed by atoms with Crippen molar-refractivity contribution in [3.63, 3.8) is 0 Å². The van der Waals surface area contributed by atoms with E-state index in [0.717, 1.165) is 12.1 Å². The zero-order chi connectivity index (χ0) is 10.7. The smallest absolute Gasteiger partial charge is 0.0705 e. The van der Waals surface area contributed by atoms with Gasteiger partial charge in [-0.3, -0.25) is 4.98 Å². The number of nitrogens with one attached hydrogen (secondary N) is 1. The number of fused-ring (bicyclic) bond motifs is 1. The van der Waals surface area contributed by atoms with Gasteiger partial charge in [-0.1, -0.05) is 32.0 Å². The summed E-state index contributed by atoms with van der Waals surface area (Å²) in [5.74, 6) is 0. The number of nitrogens with zero attached hydrogens (tertiary/aromatic N) is 1. The second-order valence-electron chi connectivity index (χ2n) is 4.02. The molecule has 2 rings (SSSR count). The van der Waals surface area contributed by atoms with E-state index in [-0.39, 0.29) is 0 Å². The number of benzene rings is 1. The van der Waals surface area contributed by atoms with Crippen LogP contribution in [0.1, 0.15) is 19.4 Å². The lowest BCUT2D eigenvalue weighted by atomic mass is 10.1. The molecule has 0 fully saturated rings. The standard InChI is InChI=1S/C13H16N2/c1-10(2)15-9-11-5-3-7-13-12(11)6-4-8-14-13/h3-8,10,15H,9H2,1-2H3. The number of aromatic nitrogens is 1. The van der Waals surface area contributed by atoms with E-state index in [9.17, 15) is 0 Å². The van der Waals surface area contributed by atoms with Crippen LogP contribution in [0.15, 0.2) is 36.5 Å². The summed E-state index contributed by atoms with van der Waals surface area (Å²) in [6.07, 6.45) is 1.84. The quantitative estimate of drug-likeness (QED) is 0.824. The summed E-state index contributed by atoms with van der Waals surface area (Å²) in [5, 5.41) is 4.67. The Labute approximate surface area is 90.3 Å². The molecule has 1 aromatic carbocycles. The van der Waals surface area contributed by atoms with E-state index in [0.29, 0.717) is 6.04 Å². The largest absolute Gasteiger partial charge is 0.310 e. The van der Waals surface area contributed by atoms with E-state index in [4.69, 9.17) is 0 Å². The Bertz CT molecular complexity index is 444. The first-order valence-electron chi connectivity index (χ1n) is 5.33. The maximum atomic E-state index is 4.34. The molecule has 0 bridgehead atoms. The molecule has 0 radical (unpaired) electrons. The molecule has 1 heterocycles. The first-order chi connectivity index (χ1) is 7.27. The molecule has 0 aliphatic carbocycles. The van der Waals surface area contributed by atoms with E-state index in [1.165, 1.54) is 10.9 Å². The lowest BCUT2D eigenvalue weighted by Crippen LogP contribution is -2.21. The Morgan fingerprint density at radius 2 is 2.07 bits per heavy atom. The van der Waals surface area contributed by atoms with Crippen molar-refractivity contribution in [3.8, 4) is 0 Å². The zero-order valence-electron chi connectivity index (χ0n) is 9.20. The van der Waals surface area contributed by atoms with Crippen LogP contribution in [0.2, 0.25) is 0 Å². The second-order valence-corrected chi connectivity index (χ2v) is 4.02. The molecule has 0 saturated carbocycles. The van der Waals surface area contributed by atoms with Gasteiger partial charge in [0.15, 0.2) is 0 Å². The summed E-state index contributed by atoms with van der Waals surface area (Å²) >= 11 is 0. The third-order valence-electron chi connectivity index (χ3n) is 2.44. The summed E-state index contributed by atoms with van der Waals surface area (Å²) in [6, 6.07) is 10.9. The van der Waals surface area contributed by atoms with Gasteiger partial charge in [0, 0.05) is 24.2 Å². The van der Waals surface area contributed by atoms with Crippen LogP contribution in [0.25, 0.3) is 10.9 Å². The van der Waals surface area contributed by atoms with Crippen molar-refractivity contribution in [2.75, 3.05) is 0 Å². The highest BCUT2D eigenvalue weighted by molar-refractivity contribution is 5.81. The monoisotopic (exact) mass is 200 g/mol. The fourth-order valence-corrected chi connectivity index (χ4v) is 1.64. The summed E-state index contributed by atoms with van der Waals surface area (Å²) in [7, 11) is 0. The van der Waals surface area contributed by atoms with Gasteiger partial charge in [0.25, 0.3) is 0 Å². The highest BCUT2D eigenvalue weighted by Crippen LogP contribution is 2.16. The van der Waals surface area contributed by atoms with E-state index in [1.807, 2.05) is 18.3 Å². The Balaban J connectivity index is 2.34. The third-order valence-corrected chi connectivity index (χ3v) is 2.44. The molecule has 0 unspecified atom stereocenters. The van der Waals surface area contributed by atoms with Crippen LogP contribution in [-0.2, 0) is 6.54 Å². The molecular weight excluding hydrogens is 184 g/mol. The van der Waals surface area contributed by atoms with Crippen molar-refractivity contribution in [1.82, 2.24) is 10.3 Å². The number of rotatable bonds is 3. The minimum Gasteiger partial charge on any atom is -0.310 e. The Morgan fingerprint density at radius 1 is 1.20 bits per heavy atom. The van der Waals surface area contributed by atoms with Gasteiger partial charge in [0.1, 0.15) is 0 Å². The summed E-state index contributed by atoms with van der Waals surface area (Å²) < 4.78 is 0. The molecule has 0 spiro atoms. The van der Waals surface area contributed by atoms with Crippen molar-refractivity contribution in [1.29, 1.82) is 0 Å². The molecule has 0 saturated heterocycles. The number of pyridine rings is 1. The summed E-state index contributed by atoms with van der Waals surface area (Å²) in [4.78, 5) is 4.34. The van der Waals surface area contributed by atoms with E-state index in [1.54, 1.807) is 0 Å². The lowest BCUT2D eigenvalue weighted by molar-refractivity contribution is 0.590. The van der Waals surface area contributed by atoms with Crippen LogP contribution in [0, 0.1) is 0 Å². The molecular formula is C13H16N2. The summed E-state index contributed by atoms with van der Waals surface area (Å²) in [6.45, 7) is 5.22. The first kappa shape index (κ1) is 10.1. The van der Waals surface area contributed by atoms with Crippen molar-refractivity contribution < 1.29 is 0 Å². The first-order valence-corrected chi connectivity index (χ1v) is 5.33. The third kappa shape index (κ3) is 2.34. The molecule has 15 heavy (non-hydrogen) atoms. The molecule has 1 aromatic heterocycles. The Morgan fingerprint density at radius 3 is 2.87 bits per heavy atom. The predicted octanol–water partition coefficient (Wildman–Crippen LogP) is 2.73. The molecule has 1 N–H and O–H groups in total. The molecule has 0 aliphatic rings. The van der Waals surface area contributed by atoms with Crippen LogP contribution < -0.4 is 5.32 Å². The fourth-order valence-electron chi connectivity index (χ4n) is 1.64. The zero-order valence-corrected chi connectivity index (χ0v) is 9.20. The van der Waals surface area contributed by atoms with Crippen molar-refractivity contribution in [2.45, 2.75) is 26.4 Å². The number of hydrogen-bond donors (Lipinski definition) is 1. The van der Waals surface area contributed by atoms with Gasteiger partial charge in [0.05, 0.1) is 5.52 Å². The van der Waals surface area contributed by atoms with Gasteiger partial charge in [-0.05, 0) is 17.7 Å². The Kier molecular flexibility index (Phi) is 2.97. The fraction of sp³-hybridized carbons (Fsp3) is 0.308. The minimum absolute atomic E-state index is 0.511. The average molecular weight is 200 g/mol. The lowest BCUT2D eigenvalue weighted by Gasteiger charge is -2.10. The van der Waals surface area contributed by atoms with Gasteiger partial charge in [-0.15, -0.1) is 0 Å². The maximum Gasteiger partial charge on any atom is 0.0705 e. The molecule has 0 atom stereocenters. The second kappa shape index (κ2) is 4.41. The highest BCUT2D eigenvalue weighted by atomic mass is 14.9. The van der Waals surface area contributed by atoms with Crippen LogP contribution in [0.3, 0.4) is 0 Å².